The van der Waals surface area contributed by atoms with E-state index < -0.39 is 9.84 Å². The SMILES string of the molecule is CC(CN1CCCCC1)C(=O)c1ccc(S(C)(=O)=O)cc1.Cl. The predicted octanol–water partition coefficient (Wildman–Crippen LogP) is 2.82. The molecule has 0 aliphatic carbocycles. The topological polar surface area (TPSA) is 54.5 Å². The Labute approximate surface area is 139 Å². The first-order valence-corrected chi connectivity index (χ1v) is 9.34. The van der Waals surface area contributed by atoms with Gasteiger partial charge in [-0.1, -0.05) is 25.5 Å². The van der Waals surface area contributed by atoms with Crippen molar-refractivity contribution in [1.29, 1.82) is 0 Å². The van der Waals surface area contributed by atoms with Gasteiger partial charge in [-0.2, -0.15) is 0 Å². The van der Waals surface area contributed by atoms with E-state index in [4.69, 9.17) is 0 Å². The number of halogens is 1. The molecule has 1 aromatic rings. The van der Waals surface area contributed by atoms with Crippen LogP contribution in [0.25, 0.3) is 0 Å². The highest BCUT2D eigenvalue weighted by Crippen LogP contribution is 2.16. The van der Waals surface area contributed by atoms with E-state index in [9.17, 15) is 13.2 Å². The van der Waals surface area contributed by atoms with Gasteiger partial charge in [0.1, 0.15) is 0 Å². The molecule has 0 N–H and O–H groups in total. The standard InChI is InChI=1S/C16H23NO3S.ClH/c1-13(12-17-10-4-3-5-11-17)16(18)14-6-8-15(9-7-14)21(2,19)20;/h6-9,13H,3-5,10-12H2,1-2H3;1H. The van der Waals surface area contributed by atoms with Gasteiger partial charge in [0.15, 0.2) is 15.6 Å². The molecule has 1 heterocycles. The summed E-state index contributed by atoms with van der Waals surface area (Å²) >= 11 is 0. The molecule has 0 saturated carbocycles. The lowest BCUT2D eigenvalue weighted by atomic mass is 9.98. The van der Waals surface area contributed by atoms with Gasteiger partial charge in [-0.25, -0.2) is 8.42 Å². The van der Waals surface area contributed by atoms with Crippen LogP contribution in [-0.4, -0.2) is 45.0 Å². The van der Waals surface area contributed by atoms with Crippen LogP contribution in [0.15, 0.2) is 29.2 Å². The summed E-state index contributed by atoms with van der Waals surface area (Å²) in [5, 5.41) is 0. The first-order chi connectivity index (χ1) is 9.88. The van der Waals surface area contributed by atoms with Gasteiger partial charge in [0, 0.05) is 24.3 Å². The number of sulfone groups is 1. The van der Waals surface area contributed by atoms with Crippen molar-refractivity contribution in [3.8, 4) is 0 Å². The minimum atomic E-state index is -3.21. The second kappa shape index (κ2) is 8.09. The predicted molar refractivity (Wildman–Crippen MR) is 90.6 cm³/mol. The van der Waals surface area contributed by atoms with E-state index in [0.29, 0.717) is 5.56 Å². The van der Waals surface area contributed by atoms with Crippen LogP contribution in [0.2, 0.25) is 0 Å². The van der Waals surface area contributed by atoms with Crippen LogP contribution >= 0.6 is 12.4 Å². The third-order valence-corrected chi connectivity index (χ3v) is 5.12. The molecule has 1 atom stereocenters. The van der Waals surface area contributed by atoms with Crippen LogP contribution in [0.5, 0.6) is 0 Å². The molecule has 0 radical (unpaired) electrons. The summed E-state index contributed by atoms with van der Waals surface area (Å²) in [5.74, 6) is 0.0211. The maximum absolute atomic E-state index is 12.4. The summed E-state index contributed by atoms with van der Waals surface area (Å²) in [4.78, 5) is 15.0. The van der Waals surface area contributed by atoms with Crippen LogP contribution in [0, 0.1) is 5.92 Å². The Morgan fingerprint density at radius 2 is 1.68 bits per heavy atom. The number of ketones is 1. The summed E-state index contributed by atoms with van der Waals surface area (Å²) in [6.07, 6.45) is 4.88. The number of rotatable bonds is 5. The first-order valence-electron chi connectivity index (χ1n) is 7.44. The number of hydrogen-bond acceptors (Lipinski definition) is 4. The zero-order valence-electron chi connectivity index (χ0n) is 13.1. The quantitative estimate of drug-likeness (QED) is 0.770. The Kier molecular flexibility index (Phi) is 7.03. The van der Waals surface area contributed by atoms with Crippen LogP contribution in [-0.2, 0) is 9.84 Å². The van der Waals surface area contributed by atoms with Gasteiger partial charge in [0.05, 0.1) is 4.90 Å². The normalized spacial score (nSPS) is 17.5. The minimum absolute atomic E-state index is 0. The number of nitrogens with zero attached hydrogens (tertiary/aromatic N) is 1. The van der Waals surface area contributed by atoms with Crippen molar-refractivity contribution >= 4 is 28.0 Å². The Hall–Kier alpha value is -0.910. The molecule has 0 amide bonds. The monoisotopic (exact) mass is 345 g/mol. The summed E-state index contributed by atoms with van der Waals surface area (Å²) < 4.78 is 22.8. The van der Waals surface area contributed by atoms with E-state index in [1.165, 1.54) is 37.7 Å². The second-order valence-electron chi connectivity index (χ2n) is 5.92. The fourth-order valence-corrected chi connectivity index (χ4v) is 3.39. The molecule has 1 aromatic carbocycles. The maximum Gasteiger partial charge on any atom is 0.175 e. The number of carbonyl (C=O) groups excluding carboxylic acids is 1. The summed E-state index contributed by atoms with van der Waals surface area (Å²) in [6.45, 7) is 4.88. The molecule has 0 spiro atoms. The number of likely N-dealkylation sites (tertiary alicyclic amines) is 1. The van der Waals surface area contributed by atoms with Gasteiger partial charge < -0.3 is 4.90 Å². The lowest BCUT2D eigenvalue weighted by Gasteiger charge is -2.28. The van der Waals surface area contributed by atoms with E-state index >= 15 is 0 Å². The Morgan fingerprint density at radius 1 is 1.14 bits per heavy atom. The third-order valence-electron chi connectivity index (χ3n) is 4.00. The lowest BCUT2D eigenvalue weighted by Crippen LogP contribution is -2.35. The molecule has 1 aliphatic heterocycles. The molecule has 22 heavy (non-hydrogen) atoms. The van der Waals surface area contributed by atoms with Gasteiger partial charge in [-0.05, 0) is 38.1 Å². The van der Waals surface area contributed by atoms with Crippen molar-refractivity contribution in [3.05, 3.63) is 29.8 Å². The van der Waals surface area contributed by atoms with Gasteiger partial charge in [0.25, 0.3) is 0 Å². The second-order valence-corrected chi connectivity index (χ2v) is 7.94. The maximum atomic E-state index is 12.4. The molecule has 1 fully saturated rings. The molecule has 6 heteroatoms. The number of Topliss-reactive ketones (excluding diaryl/α,β-unsaturated/α-hetero) is 1. The lowest BCUT2D eigenvalue weighted by molar-refractivity contribution is 0.0883. The highest BCUT2D eigenvalue weighted by Gasteiger charge is 2.20. The van der Waals surface area contributed by atoms with Crippen molar-refractivity contribution in [3.63, 3.8) is 0 Å². The van der Waals surface area contributed by atoms with E-state index in [2.05, 4.69) is 4.90 Å². The van der Waals surface area contributed by atoms with Gasteiger partial charge in [-0.3, -0.25) is 4.79 Å². The summed E-state index contributed by atoms with van der Waals surface area (Å²) in [5.41, 5.74) is 0.590. The average Bonchev–Trinajstić information content (AvgIpc) is 2.46. The Morgan fingerprint density at radius 3 is 2.18 bits per heavy atom. The van der Waals surface area contributed by atoms with Crippen molar-refractivity contribution in [2.24, 2.45) is 5.92 Å². The number of piperidine rings is 1. The molecule has 0 aromatic heterocycles. The van der Waals surface area contributed by atoms with Gasteiger partial charge in [-0.15, -0.1) is 12.4 Å². The van der Waals surface area contributed by atoms with Crippen molar-refractivity contribution in [2.75, 3.05) is 25.9 Å². The largest absolute Gasteiger partial charge is 0.303 e. The van der Waals surface area contributed by atoms with E-state index in [-0.39, 0.29) is 29.0 Å². The van der Waals surface area contributed by atoms with Crippen LogP contribution in [0.1, 0.15) is 36.5 Å². The number of benzene rings is 1. The van der Waals surface area contributed by atoms with Gasteiger partial charge >= 0.3 is 0 Å². The zero-order chi connectivity index (χ0) is 15.5. The average molecular weight is 346 g/mol. The molecule has 0 bridgehead atoms. The molecule has 1 saturated heterocycles. The molecular weight excluding hydrogens is 322 g/mol. The Balaban J connectivity index is 0.00000242. The van der Waals surface area contributed by atoms with E-state index in [0.717, 1.165) is 19.6 Å². The molecule has 124 valence electrons. The van der Waals surface area contributed by atoms with Crippen molar-refractivity contribution in [2.45, 2.75) is 31.1 Å². The van der Waals surface area contributed by atoms with Crippen LogP contribution in [0.4, 0.5) is 0 Å². The highest BCUT2D eigenvalue weighted by molar-refractivity contribution is 7.90. The summed E-state index contributed by atoms with van der Waals surface area (Å²) in [6, 6.07) is 6.25. The van der Waals surface area contributed by atoms with Crippen LogP contribution < -0.4 is 0 Å². The fourth-order valence-electron chi connectivity index (χ4n) is 2.76. The molecule has 1 aliphatic rings. The fraction of sp³-hybridized carbons (Fsp3) is 0.562. The van der Waals surface area contributed by atoms with Gasteiger partial charge in [0.2, 0.25) is 0 Å². The third kappa shape index (κ3) is 5.07. The summed E-state index contributed by atoms with van der Waals surface area (Å²) in [7, 11) is -3.21. The molecular formula is C16H24ClNO3S. The number of hydrogen-bond donors (Lipinski definition) is 0. The Bertz CT molecular complexity index is 592. The zero-order valence-corrected chi connectivity index (χ0v) is 14.8. The van der Waals surface area contributed by atoms with E-state index in [1.54, 1.807) is 12.1 Å². The minimum Gasteiger partial charge on any atom is -0.303 e. The number of carbonyl (C=O) groups is 1. The molecule has 1 unspecified atom stereocenters. The smallest absolute Gasteiger partial charge is 0.175 e. The van der Waals surface area contributed by atoms with Crippen LogP contribution in [0.3, 0.4) is 0 Å². The molecule has 2 rings (SSSR count). The van der Waals surface area contributed by atoms with E-state index in [1.807, 2.05) is 6.92 Å². The first kappa shape index (κ1) is 19.1. The van der Waals surface area contributed by atoms with Crippen molar-refractivity contribution < 1.29 is 13.2 Å². The molecule has 4 nitrogen and oxygen atoms in total. The highest BCUT2D eigenvalue weighted by atomic mass is 35.5. The van der Waals surface area contributed by atoms with Crippen molar-refractivity contribution in [1.82, 2.24) is 4.90 Å².